The van der Waals surface area contributed by atoms with Crippen molar-refractivity contribution in [3.63, 3.8) is 0 Å². The Balaban J connectivity index is 2.92. The molecule has 1 aromatic rings. The van der Waals surface area contributed by atoms with Crippen molar-refractivity contribution < 1.29 is 13.9 Å². The molecule has 0 radical (unpaired) electrons. The van der Waals surface area contributed by atoms with Crippen molar-refractivity contribution >= 4 is 23.6 Å². The largest absolute Gasteiger partial charge is 0.466 e. The highest BCUT2D eigenvalue weighted by Gasteiger charge is 2.03. The van der Waals surface area contributed by atoms with E-state index in [1.54, 1.807) is 6.07 Å². The van der Waals surface area contributed by atoms with Crippen LogP contribution < -0.4 is 0 Å². The third kappa shape index (κ3) is 2.57. The number of ether oxygens (including phenoxy) is 1. The number of hydrogen-bond acceptors (Lipinski definition) is 2. The van der Waals surface area contributed by atoms with E-state index in [9.17, 15) is 9.18 Å². The molecule has 0 aliphatic rings. The summed E-state index contributed by atoms with van der Waals surface area (Å²) in [6.07, 6.45) is 2.45. The highest BCUT2D eigenvalue weighted by atomic mass is 35.5. The monoisotopic (exact) mass is 214 g/mol. The molecular weight excluding hydrogens is 207 g/mol. The third-order valence-corrected chi connectivity index (χ3v) is 1.87. The van der Waals surface area contributed by atoms with Crippen molar-refractivity contribution in [1.29, 1.82) is 0 Å². The average molecular weight is 215 g/mol. The molecule has 0 saturated carbocycles. The first-order valence-electron chi connectivity index (χ1n) is 3.85. The SMILES string of the molecule is COC(=O)C=Cc1cccc(Cl)c1F. The summed E-state index contributed by atoms with van der Waals surface area (Å²) < 4.78 is 17.6. The minimum Gasteiger partial charge on any atom is -0.466 e. The van der Waals surface area contributed by atoms with E-state index in [0.717, 1.165) is 6.08 Å². The van der Waals surface area contributed by atoms with Gasteiger partial charge in [-0.1, -0.05) is 23.7 Å². The molecule has 0 aromatic heterocycles. The summed E-state index contributed by atoms with van der Waals surface area (Å²) in [5, 5.41) is 0.0250. The van der Waals surface area contributed by atoms with Crippen LogP contribution in [0.5, 0.6) is 0 Å². The van der Waals surface area contributed by atoms with Gasteiger partial charge in [-0.05, 0) is 12.1 Å². The lowest BCUT2D eigenvalue weighted by molar-refractivity contribution is -0.134. The molecule has 0 heterocycles. The zero-order valence-electron chi connectivity index (χ0n) is 7.46. The van der Waals surface area contributed by atoms with Gasteiger partial charge >= 0.3 is 5.97 Å². The van der Waals surface area contributed by atoms with Crippen LogP contribution in [0.1, 0.15) is 5.56 Å². The van der Waals surface area contributed by atoms with Gasteiger partial charge in [0.25, 0.3) is 0 Å². The first-order chi connectivity index (χ1) is 6.65. The topological polar surface area (TPSA) is 26.3 Å². The van der Waals surface area contributed by atoms with Crippen molar-refractivity contribution in [2.75, 3.05) is 7.11 Å². The fraction of sp³-hybridized carbons (Fsp3) is 0.100. The molecule has 74 valence electrons. The van der Waals surface area contributed by atoms with E-state index < -0.39 is 11.8 Å². The summed E-state index contributed by atoms with van der Waals surface area (Å²) in [6, 6.07) is 4.55. The van der Waals surface area contributed by atoms with Gasteiger partial charge in [0.05, 0.1) is 12.1 Å². The molecule has 0 saturated heterocycles. The number of halogens is 2. The number of methoxy groups -OCH3 is 1. The fourth-order valence-corrected chi connectivity index (χ4v) is 1.06. The molecule has 2 nitrogen and oxygen atoms in total. The highest BCUT2D eigenvalue weighted by molar-refractivity contribution is 6.30. The molecule has 0 N–H and O–H groups in total. The second-order valence-corrected chi connectivity index (χ2v) is 2.91. The van der Waals surface area contributed by atoms with Gasteiger partial charge in [-0.15, -0.1) is 0 Å². The Kier molecular flexibility index (Phi) is 3.65. The van der Waals surface area contributed by atoms with E-state index in [4.69, 9.17) is 11.6 Å². The first kappa shape index (κ1) is 10.7. The number of hydrogen-bond donors (Lipinski definition) is 0. The van der Waals surface area contributed by atoms with E-state index >= 15 is 0 Å². The Bertz CT molecular complexity index is 374. The summed E-state index contributed by atoms with van der Waals surface area (Å²) in [4.78, 5) is 10.7. The maximum Gasteiger partial charge on any atom is 0.330 e. The van der Waals surface area contributed by atoms with E-state index in [1.165, 1.54) is 25.3 Å². The van der Waals surface area contributed by atoms with Crippen LogP contribution in [0.3, 0.4) is 0 Å². The van der Waals surface area contributed by atoms with Crippen molar-refractivity contribution in [3.05, 3.63) is 40.7 Å². The van der Waals surface area contributed by atoms with Gasteiger partial charge in [0, 0.05) is 11.6 Å². The predicted molar refractivity (Wildman–Crippen MR) is 52.5 cm³/mol. The Hall–Kier alpha value is -1.35. The Morgan fingerprint density at radius 1 is 1.57 bits per heavy atom. The van der Waals surface area contributed by atoms with Crippen LogP contribution >= 0.6 is 11.6 Å². The van der Waals surface area contributed by atoms with Crippen LogP contribution in [0.15, 0.2) is 24.3 Å². The van der Waals surface area contributed by atoms with Gasteiger partial charge in [0.15, 0.2) is 0 Å². The van der Waals surface area contributed by atoms with Crippen LogP contribution in [0.4, 0.5) is 4.39 Å². The summed E-state index contributed by atoms with van der Waals surface area (Å²) in [7, 11) is 1.25. The van der Waals surface area contributed by atoms with E-state index in [-0.39, 0.29) is 10.6 Å². The number of rotatable bonds is 2. The van der Waals surface area contributed by atoms with Crippen LogP contribution in [0.25, 0.3) is 6.08 Å². The molecule has 0 amide bonds. The molecule has 1 aromatic carbocycles. The molecule has 0 unspecified atom stereocenters. The van der Waals surface area contributed by atoms with Gasteiger partial charge in [-0.25, -0.2) is 9.18 Å². The summed E-state index contributed by atoms with van der Waals surface area (Å²) in [6.45, 7) is 0. The summed E-state index contributed by atoms with van der Waals surface area (Å²) in [5.41, 5.74) is 0.253. The average Bonchev–Trinajstić information content (AvgIpc) is 2.20. The smallest absolute Gasteiger partial charge is 0.330 e. The predicted octanol–water partition coefficient (Wildman–Crippen LogP) is 2.67. The zero-order chi connectivity index (χ0) is 10.6. The third-order valence-electron chi connectivity index (χ3n) is 1.58. The molecule has 14 heavy (non-hydrogen) atoms. The standard InChI is InChI=1S/C10H8ClFO2/c1-14-9(13)6-5-7-3-2-4-8(11)10(7)12/h2-6H,1H3. The molecule has 4 heteroatoms. The molecule has 0 bridgehead atoms. The minimum absolute atomic E-state index is 0.0250. The quantitative estimate of drug-likeness (QED) is 0.559. The van der Waals surface area contributed by atoms with Gasteiger partial charge in [0.2, 0.25) is 0 Å². The normalized spacial score (nSPS) is 10.5. The Morgan fingerprint density at radius 3 is 2.93 bits per heavy atom. The van der Waals surface area contributed by atoms with Crippen LogP contribution in [-0.4, -0.2) is 13.1 Å². The highest BCUT2D eigenvalue weighted by Crippen LogP contribution is 2.18. The molecule has 0 spiro atoms. The zero-order valence-corrected chi connectivity index (χ0v) is 8.22. The molecule has 0 aliphatic carbocycles. The van der Waals surface area contributed by atoms with Gasteiger partial charge in [0.1, 0.15) is 5.82 Å². The lowest BCUT2D eigenvalue weighted by atomic mass is 10.2. The van der Waals surface area contributed by atoms with Crippen LogP contribution in [0, 0.1) is 5.82 Å². The van der Waals surface area contributed by atoms with Crippen molar-refractivity contribution in [2.45, 2.75) is 0 Å². The van der Waals surface area contributed by atoms with Gasteiger partial charge in [-0.2, -0.15) is 0 Å². The number of carbonyl (C=O) groups excluding carboxylic acids is 1. The van der Waals surface area contributed by atoms with E-state index in [1.807, 2.05) is 0 Å². The van der Waals surface area contributed by atoms with E-state index in [2.05, 4.69) is 4.74 Å². The second-order valence-electron chi connectivity index (χ2n) is 2.50. The van der Waals surface area contributed by atoms with Crippen molar-refractivity contribution in [2.24, 2.45) is 0 Å². The Morgan fingerprint density at radius 2 is 2.29 bits per heavy atom. The van der Waals surface area contributed by atoms with Crippen molar-refractivity contribution in [1.82, 2.24) is 0 Å². The molecular formula is C10H8ClFO2. The van der Waals surface area contributed by atoms with Gasteiger partial charge in [-0.3, -0.25) is 0 Å². The number of benzene rings is 1. The maximum atomic E-state index is 13.2. The lowest BCUT2D eigenvalue weighted by Crippen LogP contribution is -1.93. The summed E-state index contributed by atoms with van der Waals surface area (Å²) in [5.74, 6) is -1.08. The summed E-state index contributed by atoms with van der Waals surface area (Å²) >= 11 is 5.54. The molecule has 0 atom stereocenters. The lowest BCUT2D eigenvalue weighted by Gasteiger charge is -1.97. The maximum absolute atomic E-state index is 13.2. The van der Waals surface area contributed by atoms with Crippen LogP contribution in [0.2, 0.25) is 5.02 Å². The number of carbonyl (C=O) groups is 1. The molecule has 0 aliphatic heterocycles. The second kappa shape index (κ2) is 4.77. The van der Waals surface area contributed by atoms with Crippen LogP contribution in [-0.2, 0) is 9.53 Å². The fourth-order valence-electron chi connectivity index (χ4n) is 0.875. The van der Waals surface area contributed by atoms with E-state index in [0.29, 0.717) is 0 Å². The first-order valence-corrected chi connectivity index (χ1v) is 4.23. The minimum atomic E-state index is -0.547. The molecule has 0 fully saturated rings. The van der Waals surface area contributed by atoms with Gasteiger partial charge < -0.3 is 4.74 Å². The molecule has 1 rings (SSSR count). The Labute approximate surface area is 85.9 Å². The van der Waals surface area contributed by atoms with Crippen molar-refractivity contribution in [3.8, 4) is 0 Å². The number of esters is 1.